The molecule has 0 saturated heterocycles. The Hall–Kier alpha value is -1.76. The van der Waals surface area contributed by atoms with Crippen molar-refractivity contribution in [1.82, 2.24) is 0 Å². The van der Waals surface area contributed by atoms with Gasteiger partial charge in [-0.05, 0) is 40.2 Å². The second-order valence-electron chi connectivity index (χ2n) is 3.60. The van der Waals surface area contributed by atoms with E-state index in [9.17, 15) is 18.0 Å². The first kappa shape index (κ1) is 13.7. The summed E-state index contributed by atoms with van der Waals surface area (Å²) in [5.41, 5.74) is -1.22. The number of amides is 1. The Morgan fingerprint density at radius 2 is 1.84 bits per heavy atom. The quantitative estimate of drug-likeness (QED) is 0.889. The number of carbonyl (C=O) groups is 1. The minimum Gasteiger partial charge on any atom is -0.444 e. The zero-order valence-corrected chi connectivity index (χ0v) is 10.9. The molecule has 2 aromatic rings. The maximum atomic E-state index is 12.7. The zero-order chi connectivity index (χ0) is 14.0. The summed E-state index contributed by atoms with van der Waals surface area (Å²) in [5.74, 6) is -0.828. The Kier molecular flexibility index (Phi) is 3.66. The highest BCUT2D eigenvalue weighted by Gasteiger charge is 2.33. The SMILES string of the molecule is O=C(Nc1ccccc1C(F)(F)F)c1ccc(Br)o1. The third-order valence-electron chi connectivity index (χ3n) is 2.28. The van der Waals surface area contributed by atoms with Gasteiger partial charge in [-0.25, -0.2) is 0 Å². The lowest BCUT2D eigenvalue weighted by Gasteiger charge is -2.12. The maximum absolute atomic E-state index is 12.7. The van der Waals surface area contributed by atoms with Crippen molar-refractivity contribution in [3.8, 4) is 0 Å². The molecule has 0 saturated carbocycles. The van der Waals surface area contributed by atoms with Gasteiger partial charge in [0.05, 0.1) is 11.3 Å². The lowest BCUT2D eigenvalue weighted by atomic mass is 10.1. The van der Waals surface area contributed by atoms with E-state index in [1.54, 1.807) is 0 Å². The maximum Gasteiger partial charge on any atom is 0.418 e. The van der Waals surface area contributed by atoms with Crippen LogP contribution in [0.2, 0.25) is 0 Å². The number of hydrogen-bond donors (Lipinski definition) is 1. The molecule has 100 valence electrons. The predicted octanol–water partition coefficient (Wildman–Crippen LogP) is 4.31. The van der Waals surface area contributed by atoms with E-state index in [0.29, 0.717) is 4.67 Å². The molecule has 3 nitrogen and oxygen atoms in total. The molecule has 1 amide bonds. The fourth-order valence-corrected chi connectivity index (χ4v) is 1.77. The molecular weight excluding hydrogens is 327 g/mol. The summed E-state index contributed by atoms with van der Waals surface area (Å²) in [7, 11) is 0. The summed E-state index contributed by atoms with van der Waals surface area (Å²) in [4.78, 5) is 11.7. The highest BCUT2D eigenvalue weighted by molar-refractivity contribution is 9.10. The predicted molar refractivity (Wildman–Crippen MR) is 65.8 cm³/mol. The first-order valence-electron chi connectivity index (χ1n) is 5.11. The zero-order valence-electron chi connectivity index (χ0n) is 9.29. The number of halogens is 4. The van der Waals surface area contributed by atoms with Crippen molar-refractivity contribution in [2.24, 2.45) is 0 Å². The number of carbonyl (C=O) groups excluding carboxylic acids is 1. The number of nitrogens with one attached hydrogen (secondary N) is 1. The number of alkyl halides is 3. The molecule has 0 fully saturated rings. The Bertz CT molecular complexity index is 607. The third-order valence-corrected chi connectivity index (χ3v) is 2.70. The van der Waals surface area contributed by atoms with E-state index in [-0.39, 0.29) is 11.4 Å². The first-order valence-corrected chi connectivity index (χ1v) is 5.90. The van der Waals surface area contributed by atoms with Gasteiger partial charge in [0.15, 0.2) is 10.4 Å². The Balaban J connectivity index is 2.27. The van der Waals surface area contributed by atoms with Crippen LogP contribution in [0.4, 0.5) is 18.9 Å². The van der Waals surface area contributed by atoms with E-state index in [4.69, 9.17) is 4.42 Å². The van der Waals surface area contributed by atoms with Gasteiger partial charge in [-0.15, -0.1) is 0 Å². The Morgan fingerprint density at radius 3 is 2.42 bits per heavy atom. The van der Waals surface area contributed by atoms with E-state index in [1.807, 2.05) is 0 Å². The van der Waals surface area contributed by atoms with Gasteiger partial charge >= 0.3 is 6.18 Å². The van der Waals surface area contributed by atoms with Crippen LogP contribution >= 0.6 is 15.9 Å². The summed E-state index contributed by atoms with van der Waals surface area (Å²) >= 11 is 3.01. The van der Waals surface area contributed by atoms with Crippen LogP contribution in [-0.4, -0.2) is 5.91 Å². The second kappa shape index (κ2) is 5.08. The smallest absolute Gasteiger partial charge is 0.418 e. The van der Waals surface area contributed by atoms with Crippen LogP contribution < -0.4 is 5.32 Å². The molecule has 1 aromatic carbocycles. The number of anilines is 1. The molecule has 0 atom stereocenters. The molecule has 19 heavy (non-hydrogen) atoms. The number of rotatable bonds is 2. The minimum atomic E-state index is -4.53. The van der Waals surface area contributed by atoms with Crippen LogP contribution in [-0.2, 0) is 6.18 Å². The van der Waals surface area contributed by atoms with E-state index in [1.165, 1.54) is 30.3 Å². The molecule has 1 aromatic heterocycles. The van der Waals surface area contributed by atoms with Gasteiger partial charge in [0.25, 0.3) is 5.91 Å². The van der Waals surface area contributed by atoms with Gasteiger partial charge in [-0.3, -0.25) is 4.79 Å². The van der Waals surface area contributed by atoms with Crippen molar-refractivity contribution in [3.63, 3.8) is 0 Å². The van der Waals surface area contributed by atoms with Crippen LogP contribution in [0.15, 0.2) is 45.5 Å². The van der Waals surface area contributed by atoms with E-state index < -0.39 is 17.6 Å². The van der Waals surface area contributed by atoms with Gasteiger partial charge in [-0.2, -0.15) is 13.2 Å². The highest BCUT2D eigenvalue weighted by atomic mass is 79.9. The number of benzene rings is 1. The van der Waals surface area contributed by atoms with Crippen molar-refractivity contribution in [2.45, 2.75) is 6.18 Å². The fourth-order valence-electron chi connectivity index (χ4n) is 1.46. The minimum absolute atomic E-state index is 0.0798. The second-order valence-corrected chi connectivity index (χ2v) is 4.38. The van der Waals surface area contributed by atoms with Gasteiger partial charge in [0, 0.05) is 0 Å². The molecule has 0 spiro atoms. The molecule has 0 radical (unpaired) electrons. The van der Waals surface area contributed by atoms with Crippen molar-refractivity contribution in [1.29, 1.82) is 0 Å². The molecule has 1 N–H and O–H groups in total. The third kappa shape index (κ3) is 3.17. The summed E-state index contributed by atoms with van der Waals surface area (Å²) in [5, 5.41) is 2.17. The molecule has 0 bridgehead atoms. The lowest BCUT2D eigenvalue weighted by molar-refractivity contribution is -0.136. The van der Waals surface area contributed by atoms with Gasteiger partial charge in [0.1, 0.15) is 0 Å². The molecule has 0 aliphatic rings. The van der Waals surface area contributed by atoms with Gasteiger partial charge in [-0.1, -0.05) is 12.1 Å². The largest absolute Gasteiger partial charge is 0.444 e. The van der Waals surface area contributed by atoms with E-state index >= 15 is 0 Å². The summed E-state index contributed by atoms with van der Waals surface area (Å²) in [6.45, 7) is 0. The van der Waals surface area contributed by atoms with Crippen LogP contribution in [0.1, 0.15) is 16.1 Å². The summed E-state index contributed by atoms with van der Waals surface area (Å²) in [6, 6.07) is 7.57. The van der Waals surface area contributed by atoms with Crippen molar-refractivity contribution in [2.75, 3.05) is 5.32 Å². The molecule has 0 unspecified atom stereocenters. The first-order chi connectivity index (χ1) is 8.88. The Morgan fingerprint density at radius 1 is 1.16 bits per heavy atom. The van der Waals surface area contributed by atoms with Crippen LogP contribution in [0.5, 0.6) is 0 Å². The number of para-hydroxylation sites is 1. The number of hydrogen-bond acceptors (Lipinski definition) is 2. The molecular formula is C12H7BrF3NO2. The van der Waals surface area contributed by atoms with E-state index in [2.05, 4.69) is 21.2 Å². The molecule has 0 aliphatic heterocycles. The van der Waals surface area contributed by atoms with Crippen molar-refractivity contribution >= 4 is 27.5 Å². The van der Waals surface area contributed by atoms with Crippen LogP contribution in [0.3, 0.4) is 0 Å². The molecule has 0 aliphatic carbocycles. The van der Waals surface area contributed by atoms with E-state index in [0.717, 1.165) is 6.07 Å². The average Bonchev–Trinajstić information content (AvgIpc) is 2.75. The fraction of sp³-hybridized carbons (Fsp3) is 0.0833. The summed E-state index contributed by atoms with van der Waals surface area (Å²) < 4.78 is 43.5. The summed E-state index contributed by atoms with van der Waals surface area (Å²) in [6.07, 6.45) is -4.53. The Labute approximate surface area is 114 Å². The van der Waals surface area contributed by atoms with Gasteiger partial charge < -0.3 is 9.73 Å². The van der Waals surface area contributed by atoms with Crippen LogP contribution in [0, 0.1) is 0 Å². The number of furan rings is 1. The lowest BCUT2D eigenvalue weighted by Crippen LogP contribution is -2.16. The van der Waals surface area contributed by atoms with Crippen LogP contribution in [0.25, 0.3) is 0 Å². The molecule has 2 rings (SSSR count). The standard InChI is InChI=1S/C12H7BrF3NO2/c13-10-6-5-9(19-10)11(18)17-8-4-2-1-3-7(8)12(14,15)16/h1-6H,(H,17,18). The van der Waals surface area contributed by atoms with Crippen molar-refractivity contribution in [3.05, 3.63) is 52.4 Å². The molecule has 1 heterocycles. The van der Waals surface area contributed by atoms with Crippen molar-refractivity contribution < 1.29 is 22.4 Å². The molecule has 7 heteroatoms. The normalized spacial score (nSPS) is 11.4. The average molecular weight is 334 g/mol. The topological polar surface area (TPSA) is 42.2 Å². The van der Waals surface area contributed by atoms with Gasteiger partial charge in [0.2, 0.25) is 0 Å². The highest BCUT2D eigenvalue weighted by Crippen LogP contribution is 2.34. The monoisotopic (exact) mass is 333 g/mol.